The average molecular weight is 358 g/mol. The molecule has 1 amide bonds. The molecule has 4 rings (SSSR count). The summed E-state index contributed by atoms with van der Waals surface area (Å²) in [6, 6.07) is 9.44. The van der Waals surface area contributed by atoms with Crippen molar-refractivity contribution in [2.24, 2.45) is 0 Å². The maximum Gasteiger partial charge on any atom is 0.410 e. The highest BCUT2D eigenvalue weighted by atomic mass is 35.5. The van der Waals surface area contributed by atoms with E-state index in [0.717, 1.165) is 18.4 Å². The monoisotopic (exact) mass is 357 g/mol. The van der Waals surface area contributed by atoms with Crippen LogP contribution in [0.1, 0.15) is 30.3 Å². The molecule has 0 saturated carbocycles. The highest BCUT2D eigenvalue weighted by Crippen LogP contribution is 2.32. The van der Waals surface area contributed by atoms with E-state index in [1.807, 2.05) is 30.3 Å². The molecule has 1 N–H and O–H groups in total. The van der Waals surface area contributed by atoms with Gasteiger partial charge in [-0.05, 0) is 18.4 Å². The molecule has 1 aliphatic rings. The van der Waals surface area contributed by atoms with Gasteiger partial charge in [0.25, 0.3) is 0 Å². The van der Waals surface area contributed by atoms with Crippen LogP contribution < -0.4 is 0 Å². The van der Waals surface area contributed by atoms with Crippen molar-refractivity contribution >= 4 is 28.9 Å². The van der Waals surface area contributed by atoms with Crippen LogP contribution in [-0.4, -0.2) is 37.5 Å². The lowest BCUT2D eigenvalue weighted by Gasteiger charge is -2.22. The lowest BCUT2D eigenvalue weighted by atomic mass is 10.2. The Bertz CT molecular complexity index is 898. The summed E-state index contributed by atoms with van der Waals surface area (Å²) in [5.74, 6) is 0.659. The smallest absolute Gasteiger partial charge is 0.410 e. The summed E-state index contributed by atoms with van der Waals surface area (Å²) in [5.41, 5.74) is 2.04. The minimum atomic E-state index is -0.344. The average Bonchev–Trinajstić information content (AvgIpc) is 3.28. The Hall–Kier alpha value is -2.67. The highest BCUT2D eigenvalue weighted by Gasteiger charge is 2.33. The van der Waals surface area contributed by atoms with Crippen molar-refractivity contribution in [2.75, 3.05) is 6.54 Å². The number of hydrogen-bond acceptors (Lipinski definition) is 5. The number of benzene rings is 1. The van der Waals surface area contributed by atoms with Gasteiger partial charge >= 0.3 is 6.09 Å². The first-order chi connectivity index (χ1) is 12.2. The molecule has 0 aliphatic carbocycles. The lowest BCUT2D eigenvalue weighted by molar-refractivity contribution is 0.0910. The summed E-state index contributed by atoms with van der Waals surface area (Å²) in [5, 5.41) is 0.319. The molecule has 1 fully saturated rings. The Kier molecular flexibility index (Phi) is 4.23. The second-order valence-corrected chi connectivity index (χ2v) is 6.23. The third-order valence-corrected chi connectivity index (χ3v) is 4.56. The zero-order chi connectivity index (χ0) is 17.2. The number of H-pyrrole nitrogens is 1. The molecule has 0 unspecified atom stereocenters. The standard InChI is InChI=1S/C17H16ClN5O2/c18-14-13-16(20-10-19-14)22-15(21-13)12-7-4-8-23(12)17(24)25-9-11-5-2-1-3-6-11/h1-3,5-6,10,12H,4,7-9H2,(H,19,20,21,22)/t12-/m1/s1. The number of hydrogen-bond donors (Lipinski definition) is 1. The van der Waals surface area contributed by atoms with Gasteiger partial charge in [0.1, 0.15) is 24.3 Å². The van der Waals surface area contributed by atoms with Gasteiger partial charge in [0.2, 0.25) is 0 Å². The number of halogens is 1. The molecule has 1 aromatic carbocycles. The molecule has 0 radical (unpaired) electrons. The van der Waals surface area contributed by atoms with E-state index in [4.69, 9.17) is 16.3 Å². The maximum absolute atomic E-state index is 12.5. The highest BCUT2D eigenvalue weighted by molar-refractivity contribution is 6.33. The summed E-state index contributed by atoms with van der Waals surface area (Å²) in [6.07, 6.45) is 2.73. The topological polar surface area (TPSA) is 84.0 Å². The number of rotatable bonds is 3. The fourth-order valence-electron chi connectivity index (χ4n) is 3.05. The Morgan fingerprint density at radius 1 is 1.32 bits per heavy atom. The number of aromatic amines is 1. The van der Waals surface area contributed by atoms with E-state index in [1.54, 1.807) is 4.90 Å². The first kappa shape index (κ1) is 15.8. The second kappa shape index (κ2) is 6.68. The molecule has 7 nitrogen and oxygen atoms in total. The Balaban J connectivity index is 1.51. The summed E-state index contributed by atoms with van der Waals surface area (Å²) in [6.45, 7) is 0.884. The molecule has 128 valence electrons. The zero-order valence-corrected chi connectivity index (χ0v) is 14.1. The van der Waals surface area contributed by atoms with E-state index >= 15 is 0 Å². The van der Waals surface area contributed by atoms with Crippen LogP contribution in [-0.2, 0) is 11.3 Å². The quantitative estimate of drug-likeness (QED) is 0.725. The molecule has 0 bridgehead atoms. The van der Waals surface area contributed by atoms with E-state index in [1.165, 1.54) is 6.33 Å². The van der Waals surface area contributed by atoms with E-state index in [9.17, 15) is 4.79 Å². The Morgan fingerprint density at radius 2 is 2.16 bits per heavy atom. The van der Waals surface area contributed by atoms with Gasteiger partial charge in [0.15, 0.2) is 10.8 Å². The number of imidazole rings is 1. The second-order valence-electron chi connectivity index (χ2n) is 5.88. The van der Waals surface area contributed by atoms with Gasteiger partial charge < -0.3 is 9.72 Å². The number of carbonyl (C=O) groups is 1. The molecular formula is C17H16ClN5O2. The van der Waals surface area contributed by atoms with Crippen LogP contribution >= 0.6 is 11.6 Å². The molecule has 1 aliphatic heterocycles. The Morgan fingerprint density at radius 3 is 2.96 bits per heavy atom. The number of fused-ring (bicyclic) bond motifs is 1. The molecule has 2 aromatic heterocycles. The van der Waals surface area contributed by atoms with Crippen molar-refractivity contribution in [1.82, 2.24) is 24.8 Å². The van der Waals surface area contributed by atoms with Crippen LogP contribution in [0.25, 0.3) is 11.2 Å². The van der Waals surface area contributed by atoms with E-state index in [0.29, 0.717) is 28.7 Å². The van der Waals surface area contributed by atoms with Gasteiger partial charge in [-0.15, -0.1) is 0 Å². The fraction of sp³-hybridized carbons (Fsp3) is 0.294. The third kappa shape index (κ3) is 3.15. The molecule has 8 heteroatoms. The predicted octanol–water partition coefficient (Wildman–Crippen LogP) is 3.48. The van der Waals surface area contributed by atoms with Gasteiger partial charge in [0, 0.05) is 6.54 Å². The maximum atomic E-state index is 12.5. The number of amides is 1. The van der Waals surface area contributed by atoms with Crippen molar-refractivity contribution in [3.8, 4) is 0 Å². The van der Waals surface area contributed by atoms with Gasteiger partial charge in [-0.2, -0.15) is 0 Å². The summed E-state index contributed by atoms with van der Waals surface area (Å²) >= 11 is 6.07. The van der Waals surface area contributed by atoms with Gasteiger partial charge in [-0.25, -0.2) is 19.7 Å². The SMILES string of the molecule is O=C(OCc1ccccc1)N1CCC[C@@H]1c1nc2ncnc(Cl)c2[nH]1. The molecular weight excluding hydrogens is 342 g/mol. The first-order valence-corrected chi connectivity index (χ1v) is 8.43. The molecule has 0 spiro atoms. The molecule has 25 heavy (non-hydrogen) atoms. The van der Waals surface area contributed by atoms with Crippen molar-refractivity contribution in [2.45, 2.75) is 25.5 Å². The van der Waals surface area contributed by atoms with Crippen LogP contribution in [0.2, 0.25) is 5.15 Å². The van der Waals surface area contributed by atoms with Crippen LogP contribution in [0.5, 0.6) is 0 Å². The van der Waals surface area contributed by atoms with E-state index in [2.05, 4.69) is 19.9 Å². The zero-order valence-electron chi connectivity index (χ0n) is 13.4. The van der Waals surface area contributed by atoms with Crippen LogP contribution in [0.4, 0.5) is 4.79 Å². The van der Waals surface area contributed by atoms with Crippen molar-refractivity contribution in [3.63, 3.8) is 0 Å². The van der Waals surface area contributed by atoms with Crippen molar-refractivity contribution < 1.29 is 9.53 Å². The van der Waals surface area contributed by atoms with Crippen LogP contribution in [0.3, 0.4) is 0 Å². The van der Waals surface area contributed by atoms with E-state index in [-0.39, 0.29) is 18.7 Å². The number of aromatic nitrogens is 4. The fourth-order valence-corrected chi connectivity index (χ4v) is 3.22. The number of nitrogens with zero attached hydrogens (tertiary/aromatic N) is 4. The largest absolute Gasteiger partial charge is 0.445 e. The third-order valence-electron chi connectivity index (χ3n) is 4.27. The lowest BCUT2D eigenvalue weighted by Crippen LogP contribution is -2.31. The van der Waals surface area contributed by atoms with Crippen molar-refractivity contribution in [3.05, 3.63) is 53.2 Å². The van der Waals surface area contributed by atoms with Crippen molar-refractivity contribution in [1.29, 1.82) is 0 Å². The molecule has 1 atom stereocenters. The molecule has 3 aromatic rings. The summed E-state index contributed by atoms with van der Waals surface area (Å²) in [4.78, 5) is 29.9. The van der Waals surface area contributed by atoms with Crippen LogP contribution in [0, 0.1) is 0 Å². The van der Waals surface area contributed by atoms with E-state index < -0.39 is 0 Å². The van der Waals surface area contributed by atoms with Crippen LogP contribution in [0.15, 0.2) is 36.7 Å². The van der Waals surface area contributed by atoms with Gasteiger partial charge in [-0.1, -0.05) is 41.9 Å². The number of nitrogens with one attached hydrogen (secondary N) is 1. The summed E-state index contributed by atoms with van der Waals surface area (Å²) < 4.78 is 5.45. The number of carbonyl (C=O) groups excluding carboxylic acids is 1. The number of likely N-dealkylation sites (tertiary alicyclic amines) is 1. The minimum Gasteiger partial charge on any atom is -0.445 e. The molecule has 3 heterocycles. The van der Waals surface area contributed by atoms with Gasteiger partial charge in [-0.3, -0.25) is 4.90 Å². The minimum absolute atomic E-state index is 0.173. The normalized spacial score (nSPS) is 17.2. The number of ether oxygens (including phenoxy) is 1. The molecule has 1 saturated heterocycles. The van der Waals surface area contributed by atoms with Gasteiger partial charge in [0.05, 0.1) is 6.04 Å². The predicted molar refractivity (Wildman–Crippen MR) is 92.0 cm³/mol. The Labute approximate surface area is 149 Å². The first-order valence-electron chi connectivity index (χ1n) is 8.06. The summed E-state index contributed by atoms with van der Waals surface area (Å²) in [7, 11) is 0.